The van der Waals surface area contributed by atoms with Crippen molar-refractivity contribution >= 4 is 17.4 Å². The second kappa shape index (κ2) is 6.31. The summed E-state index contributed by atoms with van der Waals surface area (Å²) in [5.41, 5.74) is 0. The van der Waals surface area contributed by atoms with Crippen LogP contribution in [0.5, 0.6) is 0 Å². The van der Waals surface area contributed by atoms with Gasteiger partial charge in [-0.05, 0) is 14.0 Å². The molecule has 0 spiro atoms. The summed E-state index contributed by atoms with van der Waals surface area (Å²) in [5, 5.41) is 3.75. The van der Waals surface area contributed by atoms with Crippen molar-refractivity contribution < 1.29 is 0 Å². The first-order chi connectivity index (χ1) is 8.63. The Labute approximate surface area is 113 Å². The van der Waals surface area contributed by atoms with Crippen LogP contribution in [0.1, 0.15) is 6.92 Å². The third-order valence-corrected chi connectivity index (χ3v) is 3.31. The standard InChI is InChI=1S/C12H20ClN5/c1-10(9-18-5-3-17(2)4-6-18)15-12-8-14-7-11(13)16-12/h7-8,10H,3-6,9H2,1-2H3,(H,15,16). The van der Waals surface area contributed by atoms with Gasteiger partial charge in [0.1, 0.15) is 11.0 Å². The predicted octanol–water partition coefficient (Wildman–Crippen LogP) is 1.18. The molecule has 2 heterocycles. The SMILES string of the molecule is CC(CN1CCN(C)CC1)Nc1cncc(Cl)n1. The van der Waals surface area contributed by atoms with Gasteiger partial charge in [-0.15, -0.1) is 0 Å². The topological polar surface area (TPSA) is 44.3 Å². The van der Waals surface area contributed by atoms with Crippen LogP contribution in [-0.2, 0) is 0 Å². The summed E-state index contributed by atoms with van der Waals surface area (Å²) in [6.07, 6.45) is 3.24. The molecule has 18 heavy (non-hydrogen) atoms. The molecule has 0 amide bonds. The lowest BCUT2D eigenvalue weighted by molar-refractivity contribution is 0.151. The predicted molar refractivity (Wildman–Crippen MR) is 74.1 cm³/mol. The van der Waals surface area contributed by atoms with Crippen molar-refractivity contribution in [3.63, 3.8) is 0 Å². The number of hydrogen-bond acceptors (Lipinski definition) is 5. The number of aromatic nitrogens is 2. The lowest BCUT2D eigenvalue weighted by atomic mass is 10.2. The molecule has 1 aliphatic heterocycles. The zero-order valence-corrected chi connectivity index (χ0v) is 11.7. The largest absolute Gasteiger partial charge is 0.365 e. The number of likely N-dealkylation sites (N-methyl/N-ethyl adjacent to an activating group) is 1. The average molecular weight is 270 g/mol. The molecule has 1 N–H and O–H groups in total. The van der Waals surface area contributed by atoms with E-state index < -0.39 is 0 Å². The molecule has 1 atom stereocenters. The Hall–Kier alpha value is -0.910. The second-order valence-corrected chi connectivity index (χ2v) is 5.26. The van der Waals surface area contributed by atoms with Crippen LogP contribution in [0.15, 0.2) is 12.4 Å². The van der Waals surface area contributed by atoms with Crippen LogP contribution in [0.4, 0.5) is 5.82 Å². The molecule has 0 bridgehead atoms. The van der Waals surface area contributed by atoms with E-state index in [1.165, 1.54) is 6.20 Å². The van der Waals surface area contributed by atoms with E-state index in [-0.39, 0.29) is 0 Å². The maximum Gasteiger partial charge on any atom is 0.149 e. The second-order valence-electron chi connectivity index (χ2n) is 4.88. The summed E-state index contributed by atoms with van der Waals surface area (Å²) in [6.45, 7) is 7.71. The number of piperazine rings is 1. The van der Waals surface area contributed by atoms with E-state index in [0.717, 1.165) is 38.5 Å². The van der Waals surface area contributed by atoms with Crippen molar-refractivity contribution in [1.82, 2.24) is 19.8 Å². The molecule has 1 unspecified atom stereocenters. The van der Waals surface area contributed by atoms with Crippen molar-refractivity contribution in [3.8, 4) is 0 Å². The van der Waals surface area contributed by atoms with Crippen LogP contribution in [0.25, 0.3) is 0 Å². The minimum Gasteiger partial charge on any atom is -0.365 e. The van der Waals surface area contributed by atoms with Crippen LogP contribution in [-0.4, -0.2) is 65.6 Å². The minimum absolute atomic E-state index is 0.334. The van der Waals surface area contributed by atoms with Crippen molar-refractivity contribution in [2.45, 2.75) is 13.0 Å². The fourth-order valence-electron chi connectivity index (χ4n) is 2.13. The van der Waals surface area contributed by atoms with E-state index in [0.29, 0.717) is 11.2 Å². The molecule has 2 rings (SSSR count). The first-order valence-corrected chi connectivity index (χ1v) is 6.66. The van der Waals surface area contributed by atoms with Crippen molar-refractivity contribution in [1.29, 1.82) is 0 Å². The Morgan fingerprint density at radius 2 is 2.06 bits per heavy atom. The highest BCUT2D eigenvalue weighted by Crippen LogP contribution is 2.09. The van der Waals surface area contributed by atoms with Gasteiger partial charge < -0.3 is 10.2 Å². The summed E-state index contributed by atoms with van der Waals surface area (Å²) in [7, 11) is 2.17. The van der Waals surface area contributed by atoms with E-state index in [1.54, 1.807) is 6.20 Å². The zero-order valence-electron chi connectivity index (χ0n) is 10.9. The molecule has 1 aromatic rings. The summed E-state index contributed by atoms with van der Waals surface area (Å²) < 4.78 is 0. The number of rotatable bonds is 4. The summed E-state index contributed by atoms with van der Waals surface area (Å²) in [5.74, 6) is 0.740. The monoisotopic (exact) mass is 269 g/mol. The third-order valence-electron chi connectivity index (χ3n) is 3.13. The van der Waals surface area contributed by atoms with E-state index in [1.807, 2.05) is 0 Å². The van der Waals surface area contributed by atoms with E-state index in [2.05, 4.69) is 39.1 Å². The molecule has 5 nitrogen and oxygen atoms in total. The molecule has 0 aromatic carbocycles. The number of hydrogen-bond donors (Lipinski definition) is 1. The highest BCUT2D eigenvalue weighted by Gasteiger charge is 2.16. The van der Waals surface area contributed by atoms with Gasteiger partial charge in [0.2, 0.25) is 0 Å². The first-order valence-electron chi connectivity index (χ1n) is 6.28. The van der Waals surface area contributed by atoms with Gasteiger partial charge in [-0.3, -0.25) is 9.88 Å². The molecule has 0 aliphatic carbocycles. The molecule has 6 heteroatoms. The van der Waals surface area contributed by atoms with Gasteiger partial charge in [0, 0.05) is 38.8 Å². The van der Waals surface area contributed by atoms with E-state index >= 15 is 0 Å². The molecule has 0 saturated carbocycles. The van der Waals surface area contributed by atoms with Gasteiger partial charge in [-0.25, -0.2) is 4.98 Å². The lowest BCUT2D eigenvalue weighted by Crippen LogP contribution is -2.47. The van der Waals surface area contributed by atoms with Gasteiger partial charge in [-0.2, -0.15) is 0 Å². The number of nitrogens with zero attached hydrogens (tertiary/aromatic N) is 4. The smallest absolute Gasteiger partial charge is 0.149 e. The van der Waals surface area contributed by atoms with Crippen LogP contribution in [0.3, 0.4) is 0 Å². The molecule has 1 aromatic heterocycles. The van der Waals surface area contributed by atoms with Gasteiger partial charge in [-0.1, -0.05) is 11.6 Å². The van der Waals surface area contributed by atoms with Crippen LogP contribution >= 0.6 is 11.6 Å². The maximum atomic E-state index is 5.81. The molecule has 1 fully saturated rings. The molecule has 100 valence electrons. The normalized spacial score (nSPS) is 19.7. The van der Waals surface area contributed by atoms with Crippen LogP contribution in [0, 0.1) is 0 Å². The van der Waals surface area contributed by atoms with Gasteiger partial charge in [0.15, 0.2) is 0 Å². The maximum absolute atomic E-state index is 5.81. The quantitative estimate of drug-likeness (QED) is 0.889. The van der Waals surface area contributed by atoms with Gasteiger partial charge >= 0.3 is 0 Å². The molecule has 1 aliphatic rings. The molecular weight excluding hydrogens is 250 g/mol. The Balaban J connectivity index is 1.80. The summed E-state index contributed by atoms with van der Waals surface area (Å²) >= 11 is 5.81. The molecular formula is C12H20ClN5. The van der Waals surface area contributed by atoms with Crippen LogP contribution < -0.4 is 5.32 Å². The Bertz CT molecular complexity index is 378. The van der Waals surface area contributed by atoms with E-state index in [9.17, 15) is 0 Å². The number of anilines is 1. The summed E-state index contributed by atoms with van der Waals surface area (Å²) in [6, 6.07) is 0.334. The third kappa shape index (κ3) is 4.08. The fraction of sp³-hybridized carbons (Fsp3) is 0.667. The van der Waals surface area contributed by atoms with Crippen molar-refractivity contribution in [3.05, 3.63) is 17.5 Å². The van der Waals surface area contributed by atoms with Crippen molar-refractivity contribution in [2.24, 2.45) is 0 Å². The summed E-state index contributed by atoms with van der Waals surface area (Å²) in [4.78, 5) is 13.0. The minimum atomic E-state index is 0.334. The Kier molecular flexibility index (Phi) is 4.74. The highest BCUT2D eigenvalue weighted by atomic mass is 35.5. The Morgan fingerprint density at radius 1 is 1.33 bits per heavy atom. The molecule has 1 saturated heterocycles. The van der Waals surface area contributed by atoms with Crippen LogP contribution in [0.2, 0.25) is 5.15 Å². The number of nitrogens with one attached hydrogen (secondary N) is 1. The first kappa shape index (κ1) is 13.5. The fourth-order valence-corrected chi connectivity index (χ4v) is 2.27. The number of halogens is 1. The Morgan fingerprint density at radius 3 is 2.72 bits per heavy atom. The van der Waals surface area contributed by atoms with Gasteiger partial charge in [0.05, 0.1) is 12.4 Å². The van der Waals surface area contributed by atoms with Crippen molar-refractivity contribution in [2.75, 3.05) is 45.1 Å². The van der Waals surface area contributed by atoms with Gasteiger partial charge in [0.25, 0.3) is 0 Å². The average Bonchev–Trinajstić information content (AvgIpc) is 2.32. The molecule has 0 radical (unpaired) electrons. The van der Waals surface area contributed by atoms with E-state index in [4.69, 9.17) is 11.6 Å². The zero-order chi connectivity index (χ0) is 13.0. The highest BCUT2D eigenvalue weighted by molar-refractivity contribution is 6.29. The lowest BCUT2D eigenvalue weighted by Gasteiger charge is -2.34.